The predicted octanol–water partition coefficient (Wildman–Crippen LogP) is 10.3. The second kappa shape index (κ2) is 17.7. The van der Waals surface area contributed by atoms with E-state index in [2.05, 4.69) is 69.2 Å². The molecule has 0 aliphatic carbocycles. The van der Waals surface area contributed by atoms with Crippen molar-refractivity contribution in [2.75, 3.05) is 0 Å². The third-order valence-electron chi connectivity index (χ3n) is 8.86. The molecule has 7 rings (SSSR count). The number of hydrogen-bond acceptors (Lipinski definition) is 10. The first-order chi connectivity index (χ1) is 26.9. The van der Waals surface area contributed by atoms with Crippen LogP contribution in [0.2, 0.25) is 0 Å². The predicted molar refractivity (Wildman–Crippen MR) is 224 cm³/mol. The maximum absolute atomic E-state index is 13.1. The fraction of sp³-hybridized carbons (Fsp3) is 0.227. The Hall–Kier alpha value is -5.98. The number of amides is 1. The fourth-order valence-corrected chi connectivity index (χ4v) is 7.57. The fourth-order valence-electron chi connectivity index (χ4n) is 5.91. The summed E-state index contributed by atoms with van der Waals surface area (Å²) in [5, 5.41) is 20.6. The largest absolute Gasteiger partial charge is 0.478 e. The molecule has 56 heavy (non-hydrogen) atoms. The van der Waals surface area contributed by atoms with E-state index in [1.807, 2.05) is 92.6 Å². The molecule has 2 N–H and O–H groups in total. The third-order valence-corrected chi connectivity index (χ3v) is 11.1. The molecule has 0 aliphatic heterocycles. The number of rotatable bonds is 10. The van der Waals surface area contributed by atoms with Crippen molar-refractivity contribution in [2.24, 2.45) is 0 Å². The van der Waals surface area contributed by atoms with E-state index in [9.17, 15) is 14.7 Å². The lowest BCUT2D eigenvalue weighted by atomic mass is 9.98. The van der Waals surface area contributed by atoms with Gasteiger partial charge in [-0.1, -0.05) is 39.8 Å². The minimum absolute atomic E-state index is 0.177. The van der Waals surface area contributed by atoms with E-state index in [0.29, 0.717) is 29.6 Å². The number of aryl methyl sites for hydroxylation is 3. The summed E-state index contributed by atoms with van der Waals surface area (Å²) in [6, 6.07) is 22.8. The molecular weight excluding hydrogens is 739 g/mol. The van der Waals surface area contributed by atoms with Crippen LogP contribution in [0.1, 0.15) is 92.5 Å². The van der Waals surface area contributed by atoms with Crippen LogP contribution < -0.4 is 5.32 Å². The Balaban J connectivity index is 0.000000198. The van der Waals surface area contributed by atoms with Gasteiger partial charge in [-0.2, -0.15) is 10.2 Å². The van der Waals surface area contributed by atoms with Gasteiger partial charge in [-0.3, -0.25) is 14.8 Å². The normalized spacial score (nSPS) is 11.0. The van der Waals surface area contributed by atoms with Crippen LogP contribution in [0.5, 0.6) is 0 Å². The van der Waals surface area contributed by atoms with Gasteiger partial charge in [0, 0.05) is 50.0 Å². The zero-order chi connectivity index (χ0) is 39.9. The highest BCUT2D eigenvalue weighted by Gasteiger charge is 2.18. The van der Waals surface area contributed by atoms with Crippen molar-refractivity contribution in [1.82, 2.24) is 35.5 Å². The van der Waals surface area contributed by atoms with Gasteiger partial charge in [0.2, 0.25) is 0 Å². The van der Waals surface area contributed by atoms with E-state index >= 15 is 0 Å². The molecule has 0 aliphatic rings. The summed E-state index contributed by atoms with van der Waals surface area (Å²) in [4.78, 5) is 45.0. The SMILES string of the molecule is Cc1ccc(-c2cc(C(=O)NCc3ccc(C)nn3)cc(-c3ncsc3C(C)C)c2)nc1.Cc1ccc(-c2cc(C(=O)O)cc(-c3ncsc3C(C)C)c2)nc1. The molecule has 5 aromatic heterocycles. The first-order valence-electron chi connectivity index (χ1n) is 18.2. The summed E-state index contributed by atoms with van der Waals surface area (Å²) >= 11 is 3.23. The van der Waals surface area contributed by atoms with Crippen LogP contribution in [0, 0.1) is 20.8 Å². The van der Waals surface area contributed by atoms with Crippen molar-refractivity contribution < 1.29 is 14.7 Å². The van der Waals surface area contributed by atoms with E-state index in [1.165, 1.54) is 4.88 Å². The lowest BCUT2D eigenvalue weighted by molar-refractivity contribution is 0.0696. The topological polar surface area (TPSA) is 144 Å². The molecule has 0 unspecified atom stereocenters. The number of carboxylic acids is 1. The summed E-state index contributed by atoms with van der Waals surface area (Å²) in [6.45, 7) is 14.7. The number of aromatic carboxylic acids is 1. The molecule has 0 fully saturated rings. The Morgan fingerprint density at radius 1 is 0.625 bits per heavy atom. The van der Waals surface area contributed by atoms with Crippen LogP contribution in [0.3, 0.4) is 0 Å². The molecule has 1 amide bonds. The van der Waals surface area contributed by atoms with Crippen molar-refractivity contribution in [3.05, 3.63) is 140 Å². The highest BCUT2D eigenvalue weighted by molar-refractivity contribution is 7.10. The number of pyridine rings is 2. The first kappa shape index (κ1) is 39.7. The number of nitrogens with zero attached hydrogens (tertiary/aromatic N) is 6. The summed E-state index contributed by atoms with van der Waals surface area (Å²) in [6.07, 6.45) is 3.62. The van der Waals surface area contributed by atoms with Crippen LogP contribution in [0.4, 0.5) is 0 Å². The van der Waals surface area contributed by atoms with Gasteiger partial charge in [-0.25, -0.2) is 14.8 Å². The van der Waals surface area contributed by atoms with E-state index < -0.39 is 5.97 Å². The average Bonchev–Trinajstić information content (AvgIpc) is 3.90. The number of aromatic nitrogens is 6. The van der Waals surface area contributed by atoms with Gasteiger partial charge in [0.15, 0.2) is 0 Å². The second-order valence-corrected chi connectivity index (χ2v) is 15.9. The van der Waals surface area contributed by atoms with Crippen molar-refractivity contribution in [3.8, 4) is 45.0 Å². The Labute approximate surface area is 334 Å². The lowest BCUT2D eigenvalue weighted by Crippen LogP contribution is -2.23. The van der Waals surface area contributed by atoms with Crippen LogP contribution in [-0.2, 0) is 6.54 Å². The molecule has 5 heterocycles. The van der Waals surface area contributed by atoms with E-state index in [-0.39, 0.29) is 11.5 Å². The quantitative estimate of drug-likeness (QED) is 0.139. The highest BCUT2D eigenvalue weighted by atomic mass is 32.1. The smallest absolute Gasteiger partial charge is 0.335 e. The third kappa shape index (κ3) is 9.63. The molecule has 284 valence electrons. The van der Waals surface area contributed by atoms with Crippen LogP contribution in [0.25, 0.3) is 45.0 Å². The van der Waals surface area contributed by atoms with Crippen molar-refractivity contribution in [3.63, 3.8) is 0 Å². The van der Waals surface area contributed by atoms with Gasteiger partial charge in [-0.15, -0.1) is 22.7 Å². The Kier molecular flexibility index (Phi) is 12.5. The average molecular weight is 782 g/mol. The number of carboxylic acid groups (broad SMARTS) is 1. The number of hydrogen-bond donors (Lipinski definition) is 2. The van der Waals surface area contributed by atoms with Crippen molar-refractivity contribution in [1.29, 1.82) is 0 Å². The molecule has 10 nitrogen and oxygen atoms in total. The maximum atomic E-state index is 13.1. The maximum Gasteiger partial charge on any atom is 0.335 e. The van der Waals surface area contributed by atoms with Gasteiger partial charge in [0.05, 0.1) is 57.3 Å². The zero-order valence-corrected chi connectivity index (χ0v) is 34.0. The molecule has 2 aromatic carbocycles. The van der Waals surface area contributed by atoms with E-state index in [4.69, 9.17) is 0 Å². The number of benzene rings is 2. The monoisotopic (exact) mass is 781 g/mol. The van der Waals surface area contributed by atoms with Crippen LogP contribution >= 0.6 is 22.7 Å². The number of carbonyl (C=O) groups excluding carboxylic acids is 1. The Morgan fingerprint density at radius 2 is 1.12 bits per heavy atom. The summed E-state index contributed by atoms with van der Waals surface area (Å²) < 4.78 is 0. The number of carbonyl (C=O) groups is 2. The molecule has 0 saturated heterocycles. The van der Waals surface area contributed by atoms with Gasteiger partial charge in [0.1, 0.15) is 0 Å². The number of thiazole rings is 2. The molecular formula is C44H43N7O3S2. The molecule has 0 bridgehead atoms. The van der Waals surface area contributed by atoms with Crippen LogP contribution in [0.15, 0.2) is 96.2 Å². The van der Waals surface area contributed by atoms with Gasteiger partial charge in [-0.05, 0) is 104 Å². The second-order valence-electron chi connectivity index (χ2n) is 14.1. The standard InChI is InChI=1S/C25H25N5OS.C19H18N2O2S/c1-15(2)24-23(28-14-32-24)19-9-18(22-8-5-16(3)12-26-22)10-20(11-19)25(31)27-13-21-7-6-17(4)29-30-21;1-11(2)18-17(21-10-24-18)14-6-13(7-15(8-14)19(22)23)16-5-4-12(3)9-20-16/h5-12,14-15H,13H2,1-4H3,(H,27,31);4-11H,1-3H3,(H,22,23). The summed E-state index contributed by atoms with van der Waals surface area (Å²) in [7, 11) is 0. The molecule has 0 spiro atoms. The van der Waals surface area contributed by atoms with E-state index in [1.54, 1.807) is 41.0 Å². The molecule has 0 saturated carbocycles. The minimum atomic E-state index is -0.952. The Morgan fingerprint density at radius 3 is 1.57 bits per heavy atom. The van der Waals surface area contributed by atoms with Crippen LogP contribution in [-0.4, -0.2) is 47.1 Å². The highest BCUT2D eigenvalue weighted by Crippen LogP contribution is 2.36. The Bertz CT molecular complexity index is 2460. The lowest BCUT2D eigenvalue weighted by Gasteiger charge is -2.12. The molecule has 0 radical (unpaired) electrons. The summed E-state index contributed by atoms with van der Waals surface area (Å²) in [5.74, 6) is -0.451. The minimum Gasteiger partial charge on any atom is -0.478 e. The van der Waals surface area contributed by atoms with E-state index in [0.717, 1.165) is 66.7 Å². The summed E-state index contributed by atoms with van der Waals surface area (Å²) in [5.41, 5.74) is 14.9. The van der Waals surface area contributed by atoms with Gasteiger partial charge >= 0.3 is 5.97 Å². The van der Waals surface area contributed by atoms with Crippen molar-refractivity contribution in [2.45, 2.75) is 66.8 Å². The first-order valence-corrected chi connectivity index (χ1v) is 20.0. The zero-order valence-electron chi connectivity index (χ0n) is 32.4. The van der Waals surface area contributed by atoms with Crippen molar-refractivity contribution >= 4 is 34.6 Å². The van der Waals surface area contributed by atoms with Gasteiger partial charge in [0.25, 0.3) is 5.91 Å². The number of nitrogens with one attached hydrogen (secondary N) is 1. The van der Waals surface area contributed by atoms with Gasteiger partial charge < -0.3 is 10.4 Å². The molecule has 7 aromatic rings. The molecule has 12 heteroatoms. The molecule has 0 atom stereocenters.